The van der Waals surface area contributed by atoms with E-state index in [1.165, 1.54) is 6.07 Å². The molecule has 2 N–H and O–H groups in total. The van der Waals surface area contributed by atoms with Gasteiger partial charge in [-0.15, -0.1) is 0 Å². The van der Waals surface area contributed by atoms with Crippen molar-refractivity contribution in [1.29, 1.82) is 0 Å². The Kier molecular flexibility index (Phi) is 5.18. The molecular formula is C19H19BrFN5. The van der Waals surface area contributed by atoms with Crippen LogP contribution in [-0.2, 0) is 0 Å². The number of hydrogen-bond donors (Lipinski definition) is 2. The van der Waals surface area contributed by atoms with E-state index in [2.05, 4.69) is 41.5 Å². The highest BCUT2D eigenvalue weighted by molar-refractivity contribution is 9.10. The average molecular weight is 416 g/mol. The van der Waals surface area contributed by atoms with E-state index in [1.54, 1.807) is 24.5 Å². The summed E-state index contributed by atoms with van der Waals surface area (Å²) in [4.78, 5) is 13.2. The first-order chi connectivity index (χ1) is 12.3. The molecular weight excluding hydrogens is 397 g/mol. The number of anilines is 3. The van der Waals surface area contributed by atoms with Crippen LogP contribution in [0.5, 0.6) is 0 Å². The topological polar surface area (TPSA) is 62.7 Å². The molecule has 5 nitrogen and oxygen atoms in total. The van der Waals surface area contributed by atoms with Crippen molar-refractivity contribution in [2.75, 3.05) is 10.6 Å². The van der Waals surface area contributed by atoms with Crippen LogP contribution >= 0.6 is 15.9 Å². The Morgan fingerprint density at radius 1 is 1.08 bits per heavy atom. The number of pyridine rings is 1. The molecule has 0 atom stereocenters. The maximum atomic E-state index is 13.8. The Morgan fingerprint density at radius 3 is 2.54 bits per heavy atom. The predicted octanol–water partition coefficient (Wildman–Crippen LogP) is 5.39. The number of nitrogens with zero attached hydrogens (tertiary/aromatic N) is 3. The summed E-state index contributed by atoms with van der Waals surface area (Å²) in [5.74, 6) is 0.704. The third-order valence-electron chi connectivity index (χ3n) is 3.36. The number of rotatable bonds is 4. The van der Waals surface area contributed by atoms with Gasteiger partial charge in [0, 0.05) is 35.2 Å². The lowest BCUT2D eigenvalue weighted by atomic mass is 10.1. The molecule has 0 saturated carbocycles. The number of halogens is 2. The van der Waals surface area contributed by atoms with Crippen molar-refractivity contribution in [1.82, 2.24) is 15.0 Å². The molecule has 0 aliphatic heterocycles. The van der Waals surface area contributed by atoms with Gasteiger partial charge in [0.25, 0.3) is 0 Å². The smallest absolute Gasteiger partial charge is 0.225 e. The Morgan fingerprint density at radius 2 is 1.88 bits per heavy atom. The van der Waals surface area contributed by atoms with Crippen molar-refractivity contribution in [3.63, 3.8) is 0 Å². The lowest BCUT2D eigenvalue weighted by molar-refractivity contribution is 0.622. The van der Waals surface area contributed by atoms with Gasteiger partial charge in [-0.25, -0.2) is 9.37 Å². The monoisotopic (exact) mass is 415 g/mol. The molecule has 2 aromatic heterocycles. The molecule has 0 spiro atoms. The summed E-state index contributed by atoms with van der Waals surface area (Å²) >= 11 is 3.16. The van der Waals surface area contributed by atoms with Gasteiger partial charge in [0.2, 0.25) is 5.95 Å². The molecule has 2 heterocycles. The molecule has 134 valence electrons. The van der Waals surface area contributed by atoms with Gasteiger partial charge in [0.05, 0.1) is 10.2 Å². The van der Waals surface area contributed by atoms with Crippen LogP contribution in [0.2, 0.25) is 0 Å². The van der Waals surface area contributed by atoms with Gasteiger partial charge in [-0.3, -0.25) is 4.98 Å². The second-order valence-corrected chi connectivity index (χ2v) is 7.69. The molecule has 26 heavy (non-hydrogen) atoms. The van der Waals surface area contributed by atoms with E-state index in [-0.39, 0.29) is 11.4 Å². The fraction of sp³-hybridized carbons (Fsp3) is 0.211. The van der Waals surface area contributed by atoms with Gasteiger partial charge in [-0.05, 0) is 67.0 Å². The van der Waals surface area contributed by atoms with E-state index in [9.17, 15) is 4.39 Å². The van der Waals surface area contributed by atoms with Crippen molar-refractivity contribution in [2.24, 2.45) is 0 Å². The Bertz CT molecular complexity index is 910. The molecule has 1 aromatic carbocycles. The fourth-order valence-corrected chi connectivity index (χ4v) is 2.53. The summed E-state index contributed by atoms with van der Waals surface area (Å²) in [5, 5.41) is 6.41. The van der Waals surface area contributed by atoms with Crippen LogP contribution in [0.1, 0.15) is 20.8 Å². The Hall–Kier alpha value is -2.54. The van der Waals surface area contributed by atoms with E-state index in [0.29, 0.717) is 21.9 Å². The van der Waals surface area contributed by atoms with Gasteiger partial charge in [0.1, 0.15) is 11.6 Å². The first kappa shape index (κ1) is 18.3. The molecule has 3 rings (SSSR count). The van der Waals surface area contributed by atoms with E-state index in [1.807, 2.05) is 39.0 Å². The zero-order valence-electron chi connectivity index (χ0n) is 14.7. The fourth-order valence-electron chi connectivity index (χ4n) is 2.29. The maximum Gasteiger partial charge on any atom is 0.225 e. The molecule has 0 radical (unpaired) electrons. The standard InChI is InChI=1S/C19H19BrFN5/c1-19(2,3)26-18-24-16(12-5-4-8-22-11-12)10-17(25-18)23-13-6-7-14(20)15(21)9-13/h4-11H,1-3H3,(H2,23,24,25,26). The maximum absolute atomic E-state index is 13.8. The third-order valence-corrected chi connectivity index (χ3v) is 4.01. The number of benzene rings is 1. The Balaban J connectivity index is 2.00. The molecule has 7 heteroatoms. The zero-order chi connectivity index (χ0) is 18.7. The molecule has 0 bridgehead atoms. The quantitative estimate of drug-likeness (QED) is 0.597. The molecule has 0 aliphatic carbocycles. The number of hydrogen-bond acceptors (Lipinski definition) is 5. The van der Waals surface area contributed by atoms with Crippen molar-refractivity contribution < 1.29 is 4.39 Å². The molecule has 3 aromatic rings. The van der Waals surface area contributed by atoms with E-state index < -0.39 is 0 Å². The van der Waals surface area contributed by atoms with Gasteiger partial charge >= 0.3 is 0 Å². The van der Waals surface area contributed by atoms with Crippen LogP contribution in [0.3, 0.4) is 0 Å². The van der Waals surface area contributed by atoms with Crippen LogP contribution in [0.15, 0.2) is 53.3 Å². The number of aromatic nitrogens is 3. The highest BCUT2D eigenvalue weighted by Gasteiger charge is 2.14. The van der Waals surface area contributed by atoms with E-state index in [0.717, 1.165) is 11.3 Å². The van der Waals surface area contributed by atoms with E-state index >= 15 is 0 Å². The van der Waals surface area contributed by atoms with Gasteiger partial charge in [-0.1, -0.05) is 0 Å². The molecule has 0 amide bonds. The molecule has 0 fully saturated rings. The first-order valence-electron chi connectivity index (χ1n) is 8.10. The van der Waals surface area contributed by atoms with Crippen molar-refractivity contribution in [3.8, 4) is 11.3 Å². The SMILES string of the molecule is CC(C)(C)Nc1nc(Nc2ccc(Br)c(F)c2)cc(-c2cccnc2)n1. The molecule has 0 unspecified atom stereocenters. The summed E-state index contributed by atoms with van der Waals surface area (Å²) in [6.45, 7) is 6.10. The third kappa shape index (κ3) is 4.76. The summed E-state index contributed by atoms with van der Waals surface area (Å²) in [6.07, 6.45) is 3.45. The normalized spacial score (nSPS) is 11.3. The second-order valence-electron chi connectivity index (χ2n) is 6.83. The summed E-state index contributed by atoms with van der Waals surface area (Å²) in [6, 6.07) is 10.4. The minimum atomic E-state index is -0.343. The number of nitrogens with one attached hydrogen (secondary N) is 2. The summed E-state index contributed by atoms with van der Waals surface area (Å²) < 4.78 is 14.2. The van der Waals surface area contributed by atoms with E-state index in [4.69, 9.17) is 0 Å². The lowest BCUT2D eigenvalue weighted by Crippen LogP contribution is -2.27. The molecule has 0 saturated heterocycles. The Labute approximate surface area is 160 Å². The predicted molar refractivity (Wildman–Crippen MR) is 106 cm³/mol. The highest BCUT2D eigenvalue weighted by Crippen LogP contribution is 2.26. The summed E-state index contributed by atoms with van der Waals surface area (Å²) in [5.41, 5.74) is 1.99. The van der Waals surface area contributed by atoms with Crippen molar-refractivity contribution in [2.45, 2.75) is 26.3 Å². The van der Waals surface area contributed by atoms with Crippen LogP contribution < -0.4 is 10.6 Å². The zero-order valence-corrected chi connectivity index (χ0v) is 16.3. The van der Waals surface area contributed by atoms with Gasteiger partial charge < -0.3 is 10.6 Å². The first-order valence-corrected chi connectivity index (χ1v) is 8.89. The minimum Gasteiger partial charge on any atom is -0.350 e. The van der Waals surface area contributed by atoms with Crippen LogP contribution in [0, 0.1) is 5.82 Å². The van der Waals surface area contributed by atoms with Crippen molar-refractivity contribution >= 4 is 33.4 Å². The second kappa shape index (κ2) is 7.37. The molecule has 0 aliphatic rings. The summed E-state index contributed by atoms with van der Waals surface area (Å²) in [7, 11) is 0. The van der Waals surface area contributed by atoms with Gasteiger partial charge in [-0.2, -0.15) is 4.98 Å². The lowest BCUT2D eigenvalue weighted by Gasteiger charge is -2.21. The largest absolute Gasteiger partial charge is 0.350 e. The van der Waals surface area contributed by atoms with Gasteiger partial charge in [0.15, 0.2) is 0 Å². The van der Waals surface area contributed by atoms with Crippen LogP contribution in [0.25, 0.3) is 11.3 Å². The minimum absolute atomic E-state index is 0.200. The average Bonchev–Trinajstić information content (AvgIpc) is 2.57. The van der Waals surface area contributed by atoms with Crippen LogP contribution in [-0.4, -0.2) is 20.5 Å². The van der Waals surface area contributed by atoms with Crippen LogP contribution in [0.4, 0.5) is 21.8 Å². The van der Waals surface area contributed by atoms with Crippen molar-refractivity contribution in [3.05, 3.63) is 59.1 Å². The highest BCUT2D eigenvalue weighted by atomic mass is 79.9.